The fourth-order valence-electron chi connectivity index (χ4n) is 2.90. The van der Waals surface area contributed by atoms with Crippen molar-refractivity contribution < 1.29 is 14.2 Å². The standard InChI is InChI=1S/C20H32O3/c1-5-7-19-16(6-2)14-22-20(23-19)17-8-10-18(11-9-17)21-13-12-15(3)4/h8-11,15-16,19-20H,5-7,12-14H2,1-4H3/t16-,19+,20-/m0/s1. The van der Waals surface area contributed by atoms with Gasteiger partial charge >= 0.3 is 0 Å². The van der Waals surface area contributed by atoms with Crippen LogP contribution in [0.3, 0.4) is 0 Å². The monoisotopic (exact) mass is 320 g/mol. The lowest BCUT2D eigenvalue weighted by Gasteiger charge is -2.36. The number of hydrogen-bond donors (Lipinski definition) is 0. The lowest BCUT2D eigenvalue weighted by Crippen LogP contribution is -2.35. The molecule has 1 heterocycles. The van der Waals surface area contributed by atoms with Gasteiger partial charge in [-0.15, -0.1) is 0 Å². The van der Waals surface area contributed by atoms with Crippen LogP contribution in [0.1, 0.15) is 65.2 Å². The van der Waals surface area contributed by atoms with E-state index in [1.807, 2.05) is 12.1 Å². The Hall–Kier alpha value is -1.06. The minimum atomic E-state index is -0.237. The zero-order chi connectivity index (χ0) is 16.7. The van der Waals surface area contributed by atoms with Crippen LogP contribution in [0.15, 0.2) is 24.3 Å². The maximum absolute atomic E-state index is 6.21. The summed E-state index contributed by atoms with van der Waals surface area (Å²) in [4.78, 5) is 0. The molecular formula is C20H32O3. The molecule has 130 valence electrons. The zero-order valence-electron chi connectivity index (χ0n) is 15.1. The van der Waals surface area contributed by atoms with Gasteiger partial charge in [0.05, 0.1) is 19.3 Å². The number of benzene rings is 1. The van der Waals surface area contributed by atoms with Crippen LogP contribution in [0.25, 0.3) is 0 Å². The minimum absolute atomic E-state index is 0.237. The molecule has 0 amide bonds. The normalized spacial score (nSPS) is 24.8. The average Bonchev–Trinajstić information content (AvgIpc) is 2.55. The molecule has 1 aliphatic heterocycles. The van der Waals surface area contributed by atoms with Crippen molar-refractivity contribution in [3.8, 4) is 5.75 Å². The van der Waals surface area contributed by atoms with E-state index in [1.165, 1.54) is 0 Å². The van der Waals surface area contributed by atoms with E-state index in [9.17, 15) is 0 Å². The maximum Gasteiger partial charge on any atom is 0.184 e. The molecule has 0 aromatic heterocycles. The Labute approximate surface area is 141 Å². The van der Waals surface area contributed by atoms with E-state index in [-0.39, 0.29) is 6.29 Å². The van der Waals surface area contributed by atoms with Gasteiger partial charge in [0.1, 0.15) is 5.75 Å². The first-order valence-electron chi connectivity index (χ1n) is 9.13. The summed E-state index contributed by atoms with van der Waals surface area (Å²) in [6.45, 7) is 10.4. The summed E-state index contributed by atoms with van der Waals surface area (Å²) in [5.74, 6) is 2.10. The highest BCUT2D eigenvalue weighted by Crippen LogP contribution is 2.33. The second-order valence-electron chi connectivity index (χ2n) is 6.90. The highest BCUT2D eigenvalue weighted by molar-refractivity contribution is 5.28. The summed E-state index contributed by atoms with van der Waals surface area (Å²) < 4.78 is 17.9. The summed E-state index contributed by atoms with van der Waals surface area (Å²) in [6.07, 6.45) is 4.52. The van der Waals surface area contributed by atoms with Crippen LogP contribution in [0.2, 0.25) is 0 Å². The third-order valence-corrected chi connectivity index (χ3v) is 4.50. The second-order valence-corrected chi connectivity index (χ2v) is 6.90. The lowest BCUT2D eigenvalue weighted by atomic mass is 9.95. The Morgan fingerprint density at radius 1 is 1.17 bits per heavy atom. The van der Waals surface area contributed by atoms with Gasteiger partial charge < -0.3 is 14.2 Å². The first-order valence-corrected chi connectivity index (χ1v) is 9.13. The van der Waals surface area contributed by atoms with E-state index < -0.39 is 0 Å². The predicted molar refractivity (Wildman–Crippen MR) is 93.6 cm³/mol. The molecule has 1 aromatic rings. The van der Waals surface area contributed by atoms with Gasteiger partial charge in [-0.2, -0.15) is 0 Å². The summed E-state index contributed by atoms with van der Waals surface area (Å²) in [5.41, 5.74) is 1.08. The summed E-state index contributed by atoms with van der Waals surface area (Å²) in [6, 6.07) is 8.15. The van der Waals surface area contributed by atoms with Crippen molar-refractivity contribution >= 4 is 0 Å². The highest BCUT2D eigenvalue weighted by Gasteiger charge is 2.30. The van der Waals surface area contributed by atoms with E-state index in [4.69, 9.17) is 14.2 Å². The molecular weight excluding hydrogens is 288 g/mol. The highest BCUT2D eigenvalue weighted by atomic mass is 16.7. The molecule has 2 rings (SSSR count). The fraction of sp³-hybridized carbons (Fsp3) is 0.700. The van der Waals surface area contributed by atoms with Crippen LogP contribution >= 0.6 is 0 Å². The molecule has 23 heavy (non-hydrogen) atoms. The van der Waals surface area contributed by atoms with Gasteiger partial charge in [0, 0.05) is 11.5 Å². The van der Waals surface area contributed by atoms with E-state index in [0.29, 0.717) is 17.9 Å². The van der Waals surface area contributed by atoms with Gasteiger partial charge in [0.25, 0.3) is 0 Å². The molecule has 0 spiro atoms. The quantitative estimate of drug-likeness (QED) is 0.646. The SMILES string of the molecule is CCC[C@H]1O[C@@H](c2ccc(OCCC(C)C)cc2)OC[C@@H]1CC. The van der Waals surface area contributed by atoms with E-state index in [2.05, 4.69) is 39.8 Å². The van der Waals surface area contributed by atoms with Crippen molar-refractivity contribution in [1.82, 2.24) is 0 Å². The van der Waals surface area contributed by atoms with E-state index >= 15 is 0 Å². The Morgan fingerprint density at radius 2 is 1.91 bits per heavy atom. The fourth-order valence-corrected chi connectivity index (χ4v) is 2.90. The average molecular weight is 320 g/mol. The van der Waals surface area contributed by atoms with Crippen molar-refractivity contribution in [1.29, 1.82) is 0 Å². The van der Waals surface area contributed by atoms with Crippen molar-refractivity contribution in [3.05, 3.63) is 29.8 Å². The summed E-state index contributed by atoms with van der Waals surface area (Å²) in [7, 11) is 0. The number of rotatable bonds is 8. The molecule has 0 saturated carbocycles. The Bertz CT molecular complexity index is 441. The molecule has 3 atom stereocenters. The third kappa shape index (κ3) is 5.50. The second kappa shape index (κ2) is 9.29. The first kappa shape index (κ1) is 18.3. The molecule has 0 aliphatic carbocycles. The smallest absolute Gasteiger partial charge is 0.184 e. The minimum Gasteiger partial charge on any atom is -0.494 e. The topological polar surface area (TPSA) is 27.7 Å². The van der Waals surface area contributed by atoms with Gasteiger partial charge in [0.15, 0.2) is 6.29 Å². The number of hydrogen-bond acceptors (Lipinski definition) is 3. The van der Waals surface area contributed by atoms with Gasteiger partial charge in [0.2, 0.25) is 0 Å². The van der Waals surface area contributed by atoms with Gasteiger partial charge in [-0.05, 0) is 37.3 Å². The van der Waals surface area contributed by atoms with Crippen LogP contribution < -0.4 is 4.74 Å². The molecule has 3 heteroatoms. The van der Waals surface area contributed by atoms with Crippen LogP contribution in [0.4, 0.5) is 0 Å². The van der Waals surface area contributed by atoms with Crippen LogP contribution in [-0.2, 0) is 9.47 Å². The third-order valence-electron chi connectivity index (χ3n) is 4.50. The molecule has 0 radical (unpaired) electrons. The molecule has 0 N–H and O–H groups in total. The molecule has 3 nitrogen and oxygen atoms in total. The summed E-state index contributed by atoms with van der Waals surface area (Å²) in [5, 5.41) is 0. The van der Waals surface area contributed by atoms with E-state index in [0.717, 1.165) is 50.2 Å². The predicted octanol–water partition coefficient (Wildman–Crippen LogP) is 5.35. The first-order chi connectivity index (χ1) is 11.1. The Morgan fingerprint density at radius 3 is 2.52 bits per heavy atom. The Balaban J connectivity index is 1.91. The molecule has 1 fully saturated rings. The van der Waals surface area contributed by atoms with Crippen molar-refractivity contribution in [2.45, 2.75) is 65.8 Å². The van der Waals surface area contributed by atoms with Gasteiger partial charge in [-0.25, -0.2) is 0 Å². The zero-order valence-corrected chi connectivity index (χ0v) is 15.1. The van der Waals surface area contributed by atoms with E-state index in [1.54, 1.807) is 0 Å². The van der Waals surface area contributed by atoms with Gasteiger partial charge in [-0.1, -0.05) is 46.2 Å². The van der Waals surface area contributed by atoms with Crippen molar-refractivity contribution in [2.75, 3.05) is 13.2 Å². The molecule has 0 bridgehead atoms. The van der Waals surface area contributed by atoms with Crippen molar-refractivity contribution in [3.63, 3.8) is 0 Å². The molecule has 1 aliphatic rings. The lowest BCUT2D eigenvalue weighted by molar-refractivity contribution is -0.243. The maximum atomic E-state index is 6.21. The Kier molecular flexibility index (Phi) is 7.38. The number of ether oxygens (including phenoxy) is 3. The molecule has 0 unspecified atom stereocenters. The molecule has 1 aromatic carbocycles. The van der Waals surface area contributed by atoms with Crippen LogP contribution in [0.5, 0.6) is 5.75 Å². The van der Waals surface area contributed by atoms with Crippen LogP contribution in [-0.4, -0.2) is 19.3 Å². The van der Waals surface area contributed by atoms with Gasteiger partial charge in [-0.3, -0.25) is 0 Å². The molecule has 1 saturated heterocycles. The largest absolute Gasteiger partial charge is 0.494 e. The summed E-state index contributed by atoms with van der Waals surface area (Å²) >= 11 is 0. The van der Waals surface area contributed by atoms with Crippen LogP contribution in [0, 0.1) is 11.8 Å². The van der Waals surface area contributed by atoms with Crippen molar-refractivity contribution in [2.24, 2.45) is 11.8 Å².